The largest absolute Gasteiger partial charge is 0.367 e. The summed E-state index contributed by atoms with van der Waals surface area (Å²) in [5.74, 6) is 0.925. The van der Waals surface area contributed by atoms with Gasteiger partial charge in [-0.15, -0.1) is 0 Å². The zero-order valence-corrected chi connectivity index (χ0v) is 11.6. The molecule has 3 rings (SSSR count). The van der Waals surface area contributed by atoms with Crippen molar-refractivity contribution >= 4 is 11.3 Å². The smallest absolute Gasteiger partial charge is 0.152 e. The molecule has 5 heteroatoms. The zero-order chi connectivity index (χ0) is 13.2. The van der Waals surface area contributed by atoms with E-state index in [1.54, 1.807) is 6.20 Å². The molecule has 0 spiro atoms. The Labute approximate surface area is 113 Å². The number of nitrogens with one attached hydrogen (secondary N) is 1. The molecule has 1 aliphatic rings. The van der Waals surface area contributed by atoms with Crippen LogP contribution in [0.2, 0.25) is 0 Å². The number of hydrogen-bond acceptors (Lipinski definition) is 4. The molecule has 2 aromatic heterocycles. The molecular weight excluding hydrogens is 238 g/mol. The first-order valence-electron chi connectivity index (χ1n) is 7.03. The first-order valence-corrected chi connectivity index (χ1v) is 7.03. The van der Waals surface area contributed by atoms with Gasteiger partial charge in [-0.2, -0.15) is 5.10 Å². The maximum absolute atomic E-state index is 4.43. The molecule has 5 nitrogen and oxygen atoms in total. The third-order valence-corrected chi connectivity index (χ3v) is 3.84. The van der Waals surface area contributed by atoms with Crippen molar-refractivity contribution in [2.45, 2.75) is 32.7 Å². The second-order valence-corrected chi connectivity index (χ2v) is 5.36. The molecule has 1 unspecified atom stereocenters. The Morgan fingerprint density at radius 1 is 1.37 bits per heavy atom. The molecule has 3 heterocycles. The van der Waals surface area contributed by atoms with E-state index in [-0.39, 0.29) is 0 Å². The average Bonchev–Trinajstić information content (AvgIpc) is 3.03. The number of fused-ring (bicyclic) bond motifs is 1. The van der Waals surface area contributed by atoms with Gasteiger partial charge in [-0.1, -0.05) is 0 Å². The van der Waals surface area contributed by atoms with Gasteiger partial charge in [-0.25, -0.2) is 9.50 Å². The molecule has 0 amide bonds. The summed E-state index contributed by atoms with van der Waals surface area (Å²) in [4.78, 5) is 6.96. The number of hydrogen-bond donors (Lipinski definition) is 1. The lowest BCUT2D eigenvalue weighted by Gasteiger charge is -2.24. The SMILES string of the molecule is Cc1cc2c(NCC(C)N3CCCC3)nccn2n1. The molecule has 1 aliphatic heterocycles. The highest BCUT2D eigenvalue weighted by Gasteiger charge is 2.18. The molecule has 2 aromatic rings. The van der Waals surface area contributed by atoms with E-state index in [0.29, 0.717) is 6.04 Å². The van der Waals surface area contributed by atoms with Gasteiger partial charge in [0.2, 0.25) is 0 Å². The average molecular weight is 259 g/mol. The summed E-state index contributed by atoms with van der Waals surface area (Å²) in [6, 6.07) is 2.61. The molecule has 0 aromatic carbocycles. The first kappa shape index (κ1) is 12.4. The molecule has 1 fully saturated rings. The van der Waals surface area contributed by atoms with E-state index in [4.69, 9.17) is 0 Å². The lowest BCUT2D eigenvalue weighted by atomic mass is 10.3. The van der Waals surface area contributed by atoms with Crippen LogP contribution in [0.3, 0.4) is 0 Å². The third-order valence-electron chi connectivity index (χ3n) is 3.84. The fourth-order valence-electron chi connectivity index (χ4n) is 2.74. The standard InChI is InChI=1S/C14H21N5/c1-11-9-13-14(15-5-8-19(13)17-11)16-10-12(2)18-6-3-4-7-18/h5,8-9,12H,3-4,6-7,10H2,1-2H3,(H,15,16). The minimum absolute atomic E-state index is 0.550. The Morgan fingerprint density at radius 2 is 2.16 bits per heavy atom. The summed E-state index contributed by atoms with van der Waals surface area (Å²) in [5.41, 5.74) is 2.07. The van der Waals surface area contributed by atoms with Gasteiger partial charge in [-0.05, 0) is 45.8 Å². The topological polar surface area (TPSA) is 45.5 Å². The minimum Gasteiger partial charge on any atom is -0.367 e. The first-order chi connectivity index (χ1) is 9.24. The lowest BCUT2D eigenvalue weighted by molar-refractivity contribution is 0.269. The van der Waals surface area contributed by atoms with Crippen molar-refractivity contribution in [3.05, 3.63) is 24.2 Å². The molecule has 19 heavy (non-hydrogen) atoms. The Hall–Kier alpha value is -1.62. The van der Waals surface area contributed by atoms with Crippen LogP contribution in [0.4, 0.5) is 5.82 Å². The van der Waals surface area contributed by atoms with Crippen LogP contribution in [-0.4, -0.2) is 45.2 Å². The van der Waals surface area contributed by atoms with Crippen LogP contribution in [0, 0.1) is 6.92 Å². The van der Waals surface area contributed by atoms with Crippen molar-refractivity contribution in [3.63, 3.8) is 0 Å². The van der Waals surface area contributed by atoms with Crippen LogP contribution in [0.25, 0.3) is 5.52 Å². The van der Waals surface area contributed by atoms with Gasteiger partial charge in [0.15, 0.2) is 5.82 Å². The molecule has 1 atom stereocenters. The van der Waals surface area contributed by atoms with Gasteiger partial charge in [0.25, 0.3) is 0 Å². The number of likely N-dealkylation sites (tertiary alicyclic amines) is 1. The Balaban J connectivity index is 1.70. The zero-order valence-electron chi connectivity index (χ0n) is 11.6. The van der Waals surface area contributed by atoms with Crippen molar-refractivity contribution in [1.82, 2.24) is 19.5 Å². The van der Waals surface area contributed by atoms with Gasteiger partial charge in [0.1, 0.15) is 5.52 Å². The number of anilines is 1. The number of aryl methyl sites for hydroxylation is 1. The van der Waals surface area contributed by atoms with E-state index in [2.05, 4.69) is 33.3 Å². The van der Waals surface area contributed by atoms with Crippen molar-refractivity contribution in [2.24, 2.45) is 0 Å². The molecule has 102 valence electrons. The normalized spacial score (nSPS) is 18.0. The highest BCUT2D eigenvalue weighted by atomic mass is 15.2. The maximum Gasteiger partial charge on any atom is 0.152 e. The number of aromatic nitrogens is 3. The molecule has 0 saturated carbocycles. The van der Waals surface area contributed by atoms with E-state index in [1.165, 1.54) is 25.9 Å². The van der Waals surface area contributed by atoms with Gasteiger partial charge in [0.05, 0.1) is 5.69 Å². The predicted octanol–water partition coefficient (Wildman–Crippen LogP) is 1.93. The van der Waals surface area contributed by atoms with Gasteiger partial charge < -0.3 is 5.32 Å². The molecule has 0 radical (unpaired) electrons. The van der Waals surface area contributed by atoms with Crippen LogP contribution in [0.1, 0.15) is 25.5 Å². The summed E-state index contributed by atoms with van der Waals surface area (Å²) in [6.07, 6.45) is 6.35. The fraction of sp³-hybridized carbons (Fsp3) is 0.571. The fourth-order valence-corrected chi connectivity index (χ4v) is 2.74. The second kappa shape index (κ2) is 5.17. The van der Waals surface area contributed by atoms with E-state index >= 15 is 0 Å². The molecule has 0 aliphatic carbocycles. The Morgan fingerprint density at radius 3 is 2.95 bits per heavy atom. The maximum atomic E-state index is 4.43. The number of nitrogens with zero attached hydrogens (tertiary/aromatic N) is 4. The van der Waals surface area contributed by atoms with Crippen molar-refractivity contribution in [3.8, 4) is 0 Å². The van der Waals surface area contributed by atoms with E-state index in [1.807, 2.05) is 17.6 Å². The van der Waals surface area contributed by atoms with Crippen LogP contribution in [0.5, 0.6) is 0 Å². The quantitative estimate of drug-likeness (QED) is 0.911. The van der Waals surface area contributed by atoms with Crippen molar-refractivity contribution < 1.29 is 0 Å². The Kier molecular flexibility index (Phi) is 3.38. The third kappa shape index (κ3) is 2.56. The summed E-state index contributed by atoms with van der Waals surface area (Å²) >= 11 is 0. The van der Waals surface area contributed by atoms with Crippen molar-refractivity contribution in [1.29, 1.82) is 0 Å². The van der Waals surface area contributed by atoms with E-state index in [0.717, 1.165) is 23.6 Å². The van der Waals surface area contributed by atoms with E-state index in [9.17, 15) is 0 Å². The van der Waals surface area contributed by atoms with Crippen LogP contribution >= 0.6 is 0 Å². The molecule has 0 bridgehead atoms. The van der Waals surface area contributed by atoms with Crippen molar-refractivity contribution in [2.75, 3.05) is 25.0 Å². The van der Waals surface area contributed by atoms with Gasteiger partial charge in [0, 0.05) is 25.0 Å². The van der Waals surface area contributed by atoms with Gasteiger partial charge >= 0.3 is 0 Å². The minimum atomic E-state index is 0.550. The van der Waals surface area contributed by atoms with Gasteiger partial charge in [-0.3, -0.25) is 4.90 Å². The summed E-state index contributed by atoms with van der Waals surface area (Å²) < 4.78 is 1.88. The monoisotopic (exact) mass is 259 g/mol. The molecule has 1 saturated heterocycles. The predicted molar refractivity (Wildman–Crippen MR) is 76.5 cm³/mol. The summed E-state index contributed by atoms with van der Waals surface area (Å²) in [7, 11) is 0. The number of rotatable bonds is 4. The summed E-state index contributed by atoms with van der Waals surface area (Å²) in [5, 5.41) is 7.87. The highest BCUT2D eigenvalue weighted by molar-refractivity contribution is 5.67. The summed E-state index contributed by atoms with van der Waals surface area (Å²) in [6.45, 7) is 7.67. The lowest BCUT2D eigenvalue weighted by Crippen LogP contribution is -2.35. The second-order valence-electron chi connectivity index (χ2n) is 5.36. The van der Waals surface area contributed by atoms with Crippen LogP contribution in [0.15, 0.2) is 18.5 Å². The molecular formula is C14H21N5. The van der Waals surface area contributed by atoms with Crippen LogP contribution in [-0.2, 0) is 0 Å². The molecule has 1 N–H and O–H groups in total. The highest BCUT2D eigenvalue weighted by Crippen LogP contribution is 2.16. The van der Waals surface area contributed by atoms with Crippen LogP contribution < -0.4 is 5.32 Å². The Bertz CT molecular complexity index is 556. The van der Waals surface area contributed by atoms with E-state index < -0.39 is 0 Å².